The number of hydrogen-bond donors (Lipinski definition) is 2. The van der Waals surface area contributed by atoms with Crippen molar-refractivity contribution in [3.05, 3.63) is 42.5 Å². The lowest BCUT2D eigenvalue weighted by Crippen LogP contribution is -2.33. The minimum absolute atomic E-state index is 0.116. The average Bonchev–Trinajstić information content (AvgIpc) is 2.54. The van der Waals surface area contributed by atoms with Gasteiger partial charge in [-0.3, -0.25) is 0 Å². The molecule has 0 spiro atoms. The van der Waals surface area contributed by atoms with Gasteiger partial charge >= 0.3 is 0 Å². The van der Waals surface area contributed by atoms with E-state index < -0.39 is 10.0 Å². The molecule has 2 aromatic rings. The summed E-state index contributed by atoms with van der Waals surface area (Å²) in [6, 6.07) is 12.9. The molecular formula is C19H28N2O2S. The molecule has 132 valence electrons. The fourth-order valence-corrected chi connectivity index (χ4v) is 4.23. The monoisotopic (exact) mass is 348 g/mol. The molecule has 5 heteroatoms. The van der Waals surface area contributed by atoms with Crippen LogP contribution in [0, 0.1) is 11.8 Å². The second kappa shape index (κ2) is 8.10. The first-order valence-corrected chi connectivity index (χ1v) is 10.0. The Bertz CT molecular complexity index is 772. The lowest BCUT2D eigenvalue weighted by Gasteiger charge is -2.21. The second-order valence-electron chi connectivity index (χ2n) is 6.85. The number of rotatable bonds is 8. The Balaban J connectivity index is 2.06. The molecule has 4 nitrogen and oxygen atoms in total. The van der Waals surface area contributed by atoms with E-state index in [-0.39, 0.29) is 6.04 Å². The summed E-state index contributed by atoms with van der Waals surface area (Å²) in [7, 11) is -3.51. The first-order valence-electron chi connectivity index (χ1n) is 8.54. The number of fused-ring (bicyclic) bond motifs is 1. The van der Waals surface area contributed by atoms with Crippen LogP contribution in [-0.4, -0.2) is 21.0 Å². The van der Waals surface area contributed by atoms with Gasteiger partial charge in [-0.2, -0.15) is 0 Å². The van der Waals surface area contributed by atoms with E-state index in [9.17, 15) is 8.42 Å². The van der Waals surface area contributed by atoms with Crippen LogP contribution in [0.1, 0.15) is 33.6 Å². The van der Waals surface area contributed by atoms with Crippen LogP contribution in [0.3, 0.4) is 0 Å². The zero-order valence-corrected chi connectivity index (χ0v) is 15.5. The lowest BCUT2D eigenvalue weighted by atomic mass is 9.90. The molecule has 3 N–H and O–H groups in total. The second-order valence-corrected chi connectivity index (χ2v) is 8.56. The van der Waals surface area contributed by atoms with Crippen molar-refractivity contribution in [2.24, 2.45) is 17.6 Å². The Morgan fingerprint density at radius 1 is 1.00 bits per heavy atom. The van der Waals surface area contributed by atoms with Crippen molar-refractivity contribution in [3.63, 3.8) is 0 Å². The summed E-state index contributed by atoms with van der Waals surface area (Å²) >= 11 is 0. The van der Waals surface area contributed by atoms with Crippen molar-refractivity contribution in [2.45, 2.75) is 44.6 Å². The van der Waals surface area contributed by atoms with E-state index in [0.717, 1.165) is 23.6 Å². The zero-order chi connectivity index (χ0) is 17.7. The fraction of sp³-hybridized carbons (Fsp3) is 0.474. The molecular weight excluding hydrogens is 320 g/mol. The van der Waals surface area contributed by atoms with Gasteiger partial charge in [-0.05, 0) is 61.1 Å². The Morgan fingerprint density at radius 2 is 1.67 bits per heavy atom. The Hall–Kier alpha value is -1.43. The van der Waals surface area contributed by atoms with E-state index in [1.54, 1.807) is 12.1 Å². The smallest absolute Gasteiger partial charge is 0.240 e. The van der Waals surface area contributed by atoms with Gasteiger partial charge in [0.1, 0.15) is 0 Å². The van der Waals surface area contributed by atoms with Gasteiger partial charge < -0.3 is 5.73 Å². The third-order valence-electron chi connectivity index (χ3n) is 4.60. The maximum atomic E-state index is 12.6. The van der Waals surface area contributed by atoms with Crippen LogP contribution in [0.2, 0.25) is 0 Å². The van der Waals surface area contributed by atoms with Gasteiger partial charge in [-0.1, -0.05) is 44.2 Å². The largest absolute Gasteiger partial charge is 0.330 e. The van der Waals surface area contributed by atoms with E-state index in [1.165, 1.54) is 0 Å². The normalized spacial score (nSPS) is 14.9. The number of nitrogens with two attached hydrogens (primary N) is 1. The summed E-state index contributed by atoms with van der Waals surface area (Å²) in [6.07, 6.45) is 1.71. The Labute approximate surface area is 145 Å². The topological polar surface area (TPSA) is 72.2 Å². The number of hydrogen-bond acceptors (Lipinski definition) is 3. The predicted octanol–water partition coefficient (Wildman–Crippen LogP) is 3.52. The minimum atomic E-state index is -3.51. The summed E-state index contributed by atoms with van der Waals surface area (Å²) < 4.78 is 28.0. The van der Waals surface area contributed by atoms with Crippen molar-refractivity contribution < 1.29 is 8.42 Å². The van der Waals surface area contributed by atoms with Gasteiger partial charge in [0, 0.05) is 6.04 Å². The number of sulfonamides is 1. The van der Waals surface area contributed by atoms with Crippen LogP contribution in [0.15, 0.2) is 47.4 Å². The van der Waals surface area contributed by atoms with Gasteiger partial charge in [0.25, 0.3) is 0 Å². The molecule has 2 aromatic carbocycles. The summed E-state index contributed by atoms with van der Waals surface area (Å²) in [4.78, 5) is 0.312. The highest BCUT2D eigenvalue weighted by Gasteiger charge is 2.19. The number of nitrogens with one attached hydrogen (secondary N) is 1. The molecule has 2 atom stereocenters. The molecule has 0 unspecified atom stereocenters. The van der Waals surface area contributed by atoms with Crippen molar-refractivity contribution in [1.82, 2.24) is 4.72 Å². The summed E-state index contributed by atoms with van der Waals surface area (Å²) in [5.74, 6) is 0.942. The van der Waals surface area contributed by atoms with E-state index in [2.05, 4.69) is 18.6 Å². The molecule has 0 bridgehead atoms. The molecule has 0 heterocycles. The standard InChI is InChI=1S/C19H28N2O2S/c1-14(2)18(13-20)9-8-15(3)21-24(22,23)19-11-10-16-6-4-5-7-17(16)12-19/h4-7,10-12,14-15,18,21H,8-9,13,20H2,1-3H3/t15-,18+/m1/s1. The third kappa shape index (κ3) is 4.79. The molecule has 0 aliphatic heterocycles. The third-order valence-corrected chi connectivity index (χ3v) is 6.19. The molecule has 0 aromatic heterocycles. The molecule has 0 amide bonds. The van der Waals surface area contributed by atoms with Crippen LogP contribution in [0.5, 0.6) is 0 Å². The molecule has 0 aliphatic rings. The van der Waals surface area contributed by atoms with Gasteiger partial charge in [0.2, 0.25) is 10.0 Å². The molecule has 24 heavy (non-hydrogen) atoms. The fourth-order valence-electron chi connectivity index (χ4n) is 2.91. The molecule has 0 aliphatic carbocycles. The van der Waals surface area contributed by atoms with Gasteiger partial charge in [-0.25, -0.2) is 13.1 Å². The summed E-state index contributed by atoms with van der Waals surface area (Å²) in [6.45, 7) is 6.86. The van der Waals surface area contributed by atoms with Gasteiger partial charge in [0.05, 0.1) is 4.90 Å². The molecule has 0 radical (unpaired) electrons. The highest BCUT2D eigenvalue weighted by atomic mass is 32.2. The van der Waals surface area contributed by atoms with Crippen molar-refractivity contribution in [3.8, 4) is 0 Å². The van der Waals surface area contributed by atoms with Crippen molar-refractivity contribution in [2.75, 3.05) is 6.54 Å². The molecule has 2 rings (SSSR count). The minimum Gasteiger partial charge on any atom is -0.330 e. The zero-order valence-electron chi connectivity index (χ0n) is 14.7. The highest BCUT2D eigenvalue weighted by Crippen LogP contribution is 2.20. The summed E-state index contributed by atoms with van der Waals surface area (Å²) in [5, 5.41) is 1.96. The SMILES string of the molecule is CC(C)[C@H](CN)CC[C@@H](C)NS(=O)(=O)c1ccc2ccccc2c1. The van der Waals surface area contributed by atoms with Crippen LogP contribution in [-0.2, 0) is 10.0 Å². The van der Waals surface area contributed by atoms with Crippen LogP contribution in [0.4, 0.5) is 0 Å². The predicted molar refractivity (Wildman–Crippen MR) is 100 cm³/mol. The van der Waals surface area contributed by atoms with Crippen LogP contribution in [0.25, 0.3) is 10.8 Å². The highest BCUT2D eigenvalue weighted by molar-refractivity contribution is 7.89. The first kappa shape index (κ1) is 18.9. The van der Waals surface area contributed by atoms with Crippen molar-refractivity contribution >= 4 is 20.8 Å². The number of benzene rings is 2. The van der Waals surface area contributed by atoms with E-state index in [4.69, 9.17) is 5.73 Å². The maximum absolute atomic E-state index is 12.6. The van der Waals surface area contributed by atoms with Crippen LogP contribution < -0.4 is 10.5 Å². The van der Waals surface area contributed by atoms with E-state index in [1.807, 2.05) is 37.3 Å². The first-order chi connectivity index (χ1) is 11.3. The molecule has 0 saturated heterocycles. The molecule has 0 saturated carbocycles. The lowest BCUT2D eigenvalue weighted by molar-refractivity contribution is 0.346. The van der Waals surface area contributed by atoms with Crippen molar-refractivity contribution in [1.29, 1.82) is 0 Å². The summed E-state index contributed by atoms with van der Waals surface area (Å²) in [5.41, 5.74) is 5.79. The maximum Gasteiger partial charge on any atom is 0.240 e. The Morgan fingerprint density at radius 3 is 2.29 bits per heavy atom. The average molecular weight is 349 g/mol. The van der Waals surface area contributed by atoms with Gasteiger partial charge in [0.15, 0.2) is 0 Å². The van der Waals surface area contributed by atoms with Gasteiger partial charge in [-0.15, -0.1) is 0 Å². The quantitative estimate of drug-likeness (QED) is 0.767. The van der Waals surface area contributed by atoms with Crippen LogP contribution >= 0.6 is 0 Å². The van der Waals surface area contributed by atoms with E-state index in [0.29, 0.717) is 23.3 Å². The van der Waals surface area contributed by atoms with E-state index >= 15 is 0 Å². The molecule has 0 fully saturated rings. The Kier molecular flexibility index (Phi) is 6.38.